The highest BCUT2D eigenvalue weighted by Gasteiger charge is 2.33. The summed E-state index contributed by atoms with van der Waals surface area (Å²) < 4.78 is 41.0. The van der Waals surface area contributed by atoms with Crippen LogP contribution in [-0.2, 0) is 12.1 Å². The summed E-state index contributed by atoms with van der Waals surface area (Å²) in [6.45, 7) is 0. The van der Waals surface area contributed by atoms with Crippen LogP contribution in [0.3, 0.4) is 0 Å². The van der Waals surface area contributed by atoms with E-state index in [0.717, 1.165) is 17.7 Å². The van der Waals surface area contributed by atoms with Crippen molar-refractivity contribution < 1.29 is 22.8 Å². The molecule has 0 bridgehead atoms. The number of carbonyl (C=O) groups is 2. The molecule has 36 heavy (non-hydrogen) atoms. The van der Waals surface area contributed by atoms with Crippen LogP contribution in [0, 0.1) is 0 Å². The van der Waals surface area contributed by atoms with Crippen LogP contribution in [0.2, 0.25) is 10.0 Å². The Morgan fingerprint density at radius 1 is 1.00 bits per heavy atom. The van der Waals surface area contributed by atoms with E-state index in [1.165, 1.54) is 41.4 Å². The van der Waals surface area contributed by atoms with Gasteiger partial charge in [-0.25, -0.2) is 4.98 Å². The molecule has 0 aliphatic rings. The Bertz CT molecular complexity index is 1470. The van der Waals surface area contributed by atoms with E-state index in [-0.39, 0.29) is 33.5 Å². The van der Waals surface area contributed by atoms with Crippen molar-refractivity contribution in [3.8, 4) is 5.69 Å². The number of amides is 1. The van der Waals surface area contributed by atoms with E-state index in [2.05, 4.69) is 10.3 Å². The molecule has 0 spiro atoms. The molecule has 4 aromatic rings. The Kier molecular flexibility index (Phi) is 7.40. The van der Waals surface area contributed by atoms with Crippen LogP contribution in [0.4, 0.5) is 18.9 Å². The number of imidazole rings is 1. The van der Waals surface area contributed by atoms with Gasteiger partial charge in [-0.3, -0.25) is 9.59 Å². The third-order valence-electron chi connectivity index (χ3n) is 5.19. The number of aromatic nitrogens is 2. The second-order valence-corrected chi connectivity index (χ2v) is 8.75. The molecule has 1 aromatic heterocycles. The first-order valence-corrected chi connectivity index (χ1v) is 11.6. The van der Waals surface area contributed by atoms with Gasteiger partial charge in [-0.05, 0) is 54.1 Å². The fourth-order valence-electron chi connectivity index (χ4n) is 3.41. The van der Waals surface area contributed by atoms with Crippen LogP contribution < -0.4 is 5.32 Å². The predicted molar refractivity (Wildman–Crippen MR) is 132 cm³/mol. The number of hydrogen-bond donors (Lipinski definition) is 1. The van der Waals surface area contributed by atoms with Crippen molar-refractivity contribution in [2.24, 2.45) is 0 Å². The number of carbonyl (C=O) groups excluding carboxylic acids is 2. The standard InChI is InChI=1S/C25H15Cl3F3N3O2/c26-11-14-2-1-3-15(8-14)24(36)33-21-7-4-16(27)9-18(21)23(35)22-12-34(13-32-22)17-5-6-20(28)19(10-17)25(29,30)31/h1-10,12-13H,11H2,(H,33,36). The summed E-state index contributed by atoms with van der Waals surface area (Å²) in [6, 6.07) is 14.4. The number of anilines is 1. The van der Waals surface area contributed by atoms with Gasteiger partial charge in [0.2, 0.25) is 5.78 Å². The van der Waals surface area contributed by atoms with Crippen molar-refractivity contribution in [1.29, 1.82) is 0 Å². The SMILES string of the molecule is O=C(Nc1ccc(Cl)cc1C(=O)c1cn(-c2ccc(Cl)c(C(F)(F)F)c2)cn1)c1cccc(CCl)c1. The predicted octanol–water partition coefficient (Wildman–Crippen LogP) is 7.42. The molecular formula is C25H15Cl3F3N3O2. The number of rotatable bonds is 6. The normalized spacial score (nSPS) is 11.4. The van der Waals surface area contributed by atoms with Crippen molar-refractivity contribution in [3.63, 3.8) is 0 Å². The van der Waals surface area contributed by atoms with Gasteiger partial charge in [-0.1, -0.05) is 35.3 Å². The van der Waals surface area contributed by atoms with E-state index >= 15 is 0 Å². The molecule has 0 aliphatic carbocycles. The molecular weight excluding hydrogens is 538 g/mol. The number of nitrogens with one attached hydrogen (secondary N) is 1. The molecule has 1 amide bonds. The Morgan fingerprint density at radius 2 is 1.78 bits per heavy atom. The van der Waals surface area contributed by atoms with E-state index in [9.17, 15) is 22.8 Å². The molecule has 0 fully saturated rings. The lowest BCUT2D eigenvalue weighted by atomic mass is 10.1. The molecule has 3 aromatic carbocycles. The minimum absolute atomic E-state index is 0.0571. The first-order chi connectivity index (χ1) is 17.1. The Balaban J connectivity index is 1.64. The van der Waals surface area contributed by atoms with Gasteiger partial charge in [0.25, 0.3) is 5.91 Å². The molecule has 0 radical (unpaired) electrons. The second kappa shape index (κ2) is 10.3. The molecule has 0 saturated carbocycles. The van der Waals surface area contributed by atoms with Crippen molar-refractivity contribution in [3.05, 3.63) is 111 Å². The molecule has 11 heteroatoms. The average molecular weight is 553 g/mol. The van der Waals surface area contributed by atoms with Gasteiger partial charge >= 0.3 is 6.18 Å². The Labute approximate surface area is 218 Å². The fraction of sp³-hybridized carbons (Fsp3) is 0.0800. The van der Waals surface area contributed by atoms with Crippen molar-refractivity contribution >= 4 is 52.2 Å². The number of nitrogens with zero attached hydrogens (tertiary/aromatic N) is 2. The lowest BCUT2D eigenvalue weighted by molar-refractivity contribution is -0.137. The van der Waals surface area contributed by atoms with Crippen LogP contribution >= 0.6 is 34.8 Å². The van der Waals surface area contributed by atoms with Crippen LogP contribution in [-0.4, -0.2) is 21.2 Å². The molecule has 0 aliphatic heterocycles. The molecule has 4 rings (SSSR count). The number of ketones is 1. The van der Waals surface area contributed by atoms with Crippen LogP contribution in [0.25, 0.3) is 5.69 Å². The van der Waals surface area contributed by atoms with Crippen LogP contribution in [0.1, 0.15) is 37.5 Å². The highest BCUT2D eigenvalue weighted by atomic mass is 35.5. The summed E-state index contributed by atoms with van der Waals surface area (Å²) in [4.78, 5) is 30.1. The average Bonchev–Trinajstić information content (AvgIpc) is 3.34. The van der Waals surface area contributed by atoms with Crippen molar-refractivity contribution in [2.45, 2.75) is 12.1 Å². The summed E-state index contributed by atoms with van der Waals surface area (Å²) in [5, 5.41) is 2.49. The Hall–Kier alpha value is -3.33. The summed E-state index contributed by atoms with van der Waals surface area (Å²) in [5.41, 5.74) is 0.360. The highest BCUT2D eigenvalue weighted by Crippen LogP contribution is 2.36. The Morgan fingerprint density at radius 3 is 2.50 bits per heavy atom. The van der Waals surface area contributed by atoms with Gasteiger partial charge in [0, 0.05) is 33.9 Å². The van der Waals surface area contributed by atoms with Gasteiger partial charge in [0.1, 0.15) is 12.0 Å². The summed E-state index contributed by atoms with van der Waals surface area (Å²) in [7, 11) is 0. The quantitative estimate of drug-likeness (QED) is 0.200. The van der Waals surface area contributed by atoms with Gasteiger partial charge in [-0.15, -0.1) is 11.6 Å². The molecule has 1 N–H and O–H groups in total. The van der Waals surface area contributed by atoms with Crippen LogP contribution in [0.15, 0.2) is 73.2 Å². The first kappa shape index (κ1) is 25.8. The maximum Gasteiger partial charge on any atom is 0.417 e. The molecule has 5 nitrogen and oxygen atoms in total. The van der Waals surface area contributed by atoms with E-state index in [4.69, 9.17) is 34.8 Å². The lowest BCUT2D eigenvalue weighted by Crippen LogP contribution is -2.15. The number of hydrogen-bond acceptors (Lipinski definition) is 3. The molecule has 0 saturated heterocycles. The fourth-order valence-corrected chi connectivity index (χ4v) is 3.98. The zero-order valence-corrected chi connectivity index (χ0v) is 20.4. The summed E-state index contributed by atoms with van der Waals surface area (Å²) in [5.74, 6) is -0.831. The van der Waals surface area contributed by atoms with E-state index < -0.39 is 28.5 Å². The highest BCUT2D eigenvalue weighted by molar-refractivity contribution is 6.32. The van der Waals surface area contributed by atoms with E-state index in [1.807, 2.05) is 0 Å². The van der Waals surface area contributed by atoms with Gasteiger partial charge < -0.3 is 9.88 Å². The lowest BCUT2D eigenvalue weighted by Gasteiger charge is -2.11. The van der Waals surface area contributed by atoms with Gasteiger partial charge in [-0.2, -0.15) is 13.2 Å². The van der Waals surface area contributed by atoms with Crippen molar-refractivity contribution in [2.75, 3.05) is 5.32 Å². The van der Waals surface area contributed by atoms with Gasteiger partial charge in [0.15, 0.2) is 0 Å². The zero-order valence-electron chi connectivity index (χ0n) is 18.1. The maximum atomic E-state index is 13.3. The maximum absolute atomic E-state index is 13.3. The smallest absolute Gasteiger partial charge is 0.321 e. The van der Waals surface area contributed by atoms with Gasteiger partial charge in [0.05, 0.1) is 16.3 Å². The van der Waals surface area contributed by atoms with Crippen LogP contribution in [0.5, 0.6) is 0 Å². The van der Waals surface area contributed by atoms with E-state index in [1.54, 1.807) is 24.3 Å². The topological polar surface area (TPSA) is 64.0 Å². The monoisotopic (exact) mass is 551 g/mol. The largest absolute Gasteiger partial charge is 0.417 e. The van der Waals surface area contributed by atoms with Crippen molar-refractivity contribution in [1.82, 2.24) is 9.55 Å². The first-order valence-electron chi connectivity index (χ1n) is 10.3. The minimum atomic E-state index is -4.65. The summed E-state index contributed by atoms with van der Waals surface area (Å²) >= 11 is 17.6. The number of halogens is 6. The molecule has 0 atom stereocenters. The molecule has 184 valence electrons. The summed E-state index contributed by atoms with van der Waals surface area (Å²) in [6.07, 6.45) is -2.16. The second-order valence-electron chi connectivity index (χ2n) is 7.64. The third-order valence-corrected chi connectivity index (χ3v) is 6.06. The zero-order chi connectivity index (χ0) is 26.0. The molecule has 0 unspecified atom stereocenters. The molecule has 1 heterocycles. The number of alkyl halides is 4. The van der Waals surface area contributed by atoms with E-state index in [0.29, 0.717) is 5.56 Å². The number of benzene rings is 3. The minimum Gasteiger partial charge on any atom is -0.321 e. The third kappa shape index (κ3) is 5.56.